The third-order valence-corrected chi connectivity index (χ3v) is 6.57. The highest BCUT2D eigenvalue weighted by molar-refractivity contribution is 7.22. The largest absolute Gasteiger partial charge is 0.486 e. The van der Waals surface area contributed by atoms with E-state index < -0.39 is 0 Å². The van der Waals surface area contributed by atoms with Crippen molar-refractivity contribution in [1.82, 2.24) is 9.88 Å². The molecule has 0 bridgehead atoms. The number of carbonyl (C=O) groups is 1. The van der Waals surface area contributed by atoms with E-state index in [1.807, 2.05) is 73.6 Å². The van der Waals surface area contributed by atoms with Crippen molar-refractivity contribution in [2.75, 3.05) is 45.3 Å². The number of hydrogen-bond donors (Lipinski definition) is 0. The van der Waals surface area contributed by atoms with Gasteiger partial charge in [-0.1, -0.05) is 47.7 Å². The van der Waals surface area contributed by atoms with Gasteiger partial charge in [0, 0.05) is 24.2 Å². The summed E-state index contributed by atoms with van der Waals surface area (Å²) in [5, 5.41) is 2.70. The molecule has 2 heterocycles. The Kier molecular flexibility index (Phi) is 5.68. The molecule has 0 radical (unpaired) electrons. The lowest BCUT2D eigenvalue weighted by Gasteiger charge is -2.21. The van der Waals surface area contributed by atoms with E-state index in [1.54, 1.807) is 0 Å². The van der Waals surface area contributed by atoms with Crippen molar-refractivity contribution in [3.8, 4) is 11.5 Å². The first kappa shape index (κ1) is 20.7. The standard InChI is InChI=1S/C25H25N3O3S/c1-27(2)11-6-12-28(24(29)19-10-5-8-17-7-3-4-9-18(17)19)25-26-20-15-21-22(16-23(20)32-25)31-14-13-30-21/h3-5,7-10,15-16H,6,11-14H2,1-2H3. The van der Waals surface area contributed by atoms with Crippen LogP contribution in [0.4, 0.5) is 5.13 Å². The third-order valence-electron chi connectivity index (χ3n) is 5.52. The number of thiazole rings is 1. The van der Waals surface area contributed by atoms with E-state index in [1.165, 1.54) is 11.3 Å². The highest BCUT2D eigenvalue weighted by Gasteiger charge is 2.24. The van der Waals surface area contributed by atoms with Crippen molar-refractivity contribution in [1.29, 1.82) is 0 Å². The van der Waals surface area contributed by atoms with Crippen LogP contribution in [0.15, 0.2) is 54.6 Å². The number of anilines is 1. The van der Waals surface area contributed by atoms with E-state index in [9.17, 15) is 4.79 Å². The maximum absolute atomic E-state index is 13.8. The van der Waals surface area contributed by atoms with Crippen LogP contribution in [0.25, 0.3) is 21.0 Å². The van der Waals surface area contributed by atoms with Crippen molar-refractivity contribution in [2.45, 2.75) is 6.42 Å². The Morgan fingerprint density at radius 3 is 2.56 bits per heavy atom. The number of benzene rings is 3. The van der Waals surface area contributed by atoms with Gasteiger partial charge in [0.25, 0.3) is 5.91 Å². The fourth-order valence-corrected chi connectivity index (χ4v) is 4.95. The lowest BCUT2D eigenvalue weighted by molar-refractivity contribution is 0.0987. The summed E-state index contributed by atoms with van der Waals surface area (Å²) in [4.78, 5) is 22.6. The Labute approximate surface area is 191 Å². The number of fused-ring (bicyclic) bond motifs is 3. The van der Waals surface area contributed by atoms with Crippen LogP contribution in [0.3, 0.4) is 0 Å². The minimum Gasteiger partial charge on any atom is -0.486 e. The third kappa shape index (κ3) is 4.01. The fraction of sp³-hybridized carbons (Fsp3) is 0.280. The maximum atomic E-state index is 13.8. The van der Waals surface area contributed by atoms with Gasteiger partial charge in [0.15, 0.2) is 16.6 Å². The zero-order valence-electron chi connectivity index (χ0n) is 18.2. The molecule has 164 valence electrons. The van der Waals surface area contributed by atoms with E-state index in [-0.39, 0.29) is 5.91 Å². The Balaban J connectivity index is 1.55. The number of amides is 1. The summed E-state index contributed by atoms with van der Waals surface area (Å²) in [6.45, 7) is 2.55. The lowest BCUT2D eigenvalue weighted by Crippen LogP contribution is -2.33. The monoisotopic (exact) mass is 447 g/mol. The van der Waals surface area contributed by atoms with Crippen LogP contribution in [0.1, 0.15) is 16.8 Å². The van der Waals surface area contributed by atoms with Crippen LogP contribution < -0.4 is 14.4 Å². The first-order valence-corrected chi connectivity index (χ1v) is 11.6. The second-order valence-corrected chi connectivity index (χ2v) is 9.11. The molecule has 32 heavy (non-hydrogen) atoms. The number of nitrogens with zero attached hydrogens (tertiary/aromatic N) is 3. The second-order valence-electron chi connectivity index (χ2n) is 8.10. The molecule has 1 amide bonds. The van der Waals surface area contributed by atoms with Crippen molar-refractivity contribution < 1.29 is 14.3 Å². The van der Waals surface area contributed by atoms with Crippen molar-refractivity contribution in [3.05, 3.63) is 60.2 Å². The zero-order chi connectivity index (χ0) is 22.1. The normalized spacial score (nSPS) is 13.1. The molecule has 0 aliphatic carbocycles. The predicted molar refractivity (Wildman–Crippen MR) is 129 cm³/mol. The minimum atomic E-state index is -0.0307. The van der Waals surface area contributed by atoms with Crippen molar-refractivity contribution in [2.24, 2.45) is 0 Å². The Hall–Kier alpha value is -3.16. The molecule has 0 unspecified atom stereocenters. The maximum Gasteiger partial charge on any atom is 0.260 e. The molecular weight excluding hydrogens is 422 g/mol. The first-order chi connectivity index (χ1) is 15.6. The van der Waals surface area contributed by atoms with E-state index in [2.05, 4.69) is 4.90 Å². The number of rotatable bonds is 6. The molecule has 4 aromatic rings. The molecule has 0 saturated heterocycles. The average Bonchev–Trinajstić information content (AvgIpc) is 3.21. The summed E-state index contributed by atoms with van der Waals surface area (Å²) < 4.78 is 12.4. The number of hydrogen-bond acceptors (Lipinski definition) is 6. The van der Waals surface area contributed by atoms with E-state index in [0.717, 1.165) is 39.7 Å². The molecule has 1 aromatic heterocycles. The van der Waals surface area contributed by atoms with Gasteiger partial charge in [-0.2, -0.15) is 0 Å². The highest BCUT2D eigenvalue weighted by Crippen LogP contribution is 2.39. The SMILES string of the molecule is CN(C)CCCN(C(=O)c1cccc2ccccc12)c1nc2cc3c(cc2s1)OCCO3. The Bertz CT molecular complexity index is 1240. The fourth-order valence-electron chi connectivity index (χ4n) is 3.95. The summed E-state index contributed by atoms with van der Waals surface area (Å²) in [5.74, 6) is 1.41. The van der Waals surface area contributed by atoms with Crippen LogP contribution >= 0.6 is 11.3 Å². The first-order valence-electron chi connectivity index (χ1n) is 10.7. The summed E-state index contributed by atoms with van der Waals surface area (Å²) >= 11 is 1.51. The van der Waals surface area contributed by atoms with E-state index in [0.29, 0.717) is 36.2 Å². The van der Waals surface area contributed by atoms with Crippen LogP contribution in [-0.4, -0.2) is 56.2 Å². The molecule has 0 saturated carbocycles. The quantitative estimate of drug-likeness (QED) is 0.424. The van der Waals surface area contributed by atoms with Gasteiger partial charge in [-0.05, 0) is 43.9 Å². The topological polar surface area (TPSA) is 54.9 Å². The van der Waals surface area contributed by atoms with Gasteiger partial charge < -0.3 is 14.4 Å². The van der Waals surface area contributed by atoms with Crippen molar-refractivity contribution >= 4 is 43.4 Å². The number of carbonyl (C=O) groups excluding carboxylic acids is 1. The zero-order valence-corrected chi connectivity index (χ0v) is 19.0. The van der Waals surface area contributed by atoms with Gasteiger partial charge in [0.2, 0.25) is 0 Å². The van der Waals surface area contributed by atoms with Crippen LogP contribution in [0, 0.1) is 0 Å². The smallest absolute Gasteiger partial charge is 0.260 e. The average molecular weight is 448 g/mol. The number of aromatic nitrogens is 1. The van der Waals surface area contributed by atoms with Gasteiger partial charge >= 0.3 is 0 Å². The lowest BCUT2D eigenvalue weighted by atomic mass is 10.0. The molecular formula is C25H25N3O3S. The van der Waals surface area contributed by atoms with Gasteiger partial charge in [0.1, 0.15) is 13.2 Å². The van der Waals surface area contributed by atoms with Crippen LogP contribution in [0.2, 0.25) is 0 Å². The molecule has 5 rings (SSSR count). The van der Waals surface area contributed by atoms with Gasteiger partial charge in [-0.15, -0.1) is 0 Å². The molecule has 0 fully saturated rings. The van der Waals surface area contributed by atoms with E-state index >= 15 is 0 Å². The molecule has 6 nitrogen and oxygen atoms in total. The Morgan fingerprint density at radius 1 is 1.00 bits per heavy atom. The Morgan fingerprint density at radius 2 is 1.75 bits per heavy atom. The molecule has 7 heteroatoms. The summed E-state index contributed by atoms with van der Waals surface area (Å²) in [5.41, 5.74) is 1.51. The predicted octanol–water partition coefficient (Wildman–Crippen LogP) is 4.82. The van der Waals surface area contributed by atoms with Crippen LogP contribution in [0.5, 0.6) is 11.5 Å². The van der Waals surface area contributed by atoms with E-state index in [4.69, 9.17) is 14.5 Å². The van der Waals surface area contributed by atoms with Crippen LogP contribution in [-0.2, 0) is 0 Å². The molecule has 0 spiro atoms. The molecule has 0 atom stereocenters. The minimum absolute atomic E-state index is 0.0307. The second kappa shape index (κ2) is 8.76. The van der Waals surface area contributed by atoms with Gasteiger partial charge in [-0.25, -0.2) is 4.98 Å². The number of ether oxygens (including phenoxy) is 2. The summed E-state index contributed by atoms with van der Waals surface area (Å²) in [6.07, 6.45) is 0.849. The van der Waals surface area contributed by atoms with Crippen molar-refractivity contribution in [3.63, 3.8) is 0 Å². The molecule has 0 N–H and O–H groups in total. The molecule has 3 aromatic carbocycles. The summed E-state index contributed by atoms with van der Waals surface area (Å²) in [7, 11) is 4.08. The van der Waals surface area contributed by atoms with Gasteiger partial charge in [-0.3, -0.25) is 9.69 Å². The van der Waals surface area contributed by atoms with Gasteiger partial charge in [0.05, 0.1) is 10.2 Å². The summed E-state index contributed by atoms with van der Waals surface area (Å²) in [6, 6.07) is 17.7. The molecule has 1 aliphatic rings. The molecule has 1 aliphatic heterocycles. The highest BCUT2D eigenvalue weighted by atomic mass is 32.1.